The third kappa shape index (κ3) is 2.40. The first-order valence-corrected chi connectivity index (χ1v) is 5.64. The number of hydrogen-bond acceptors (Lipinski definition) is 3. The molecule has 1 heterocycles. The lowest BCUT2D eigenvalue weighted by Gasteiger charge is -2.16. The molecule has 1 aromatic rings. The van der Waals surface area contributed by atoms with E-state index in [1.165, 1.54) is 18.4 Å². The van der Waals surface area contributed by atoms with E-state index >= 15 is 0 Å². The molecule has 0 aliphatic heterocycles. The third-order valence-corrected chi connectivity index (χ3v) is 3.11. The van der Waals surface area contributed by atoms with Crippen LogP contribution < -0.4 is 5.73 Å². The van der Waals surface area contributed by atoms with E-state index in [0.29, 0.717) is 0 Å². The van der Waals surface area contributed by atoms with Gasteiger partial charge in [0.25, 0.3) is 0 Å². The Morgan fingerprint density at radius 2 is 2.13 bits per heavy atom. The maximum atomic E-state index is 6.07. The molecule has 1 saturated carbocycles. The predicted octanol–water partition coefficient (Wildman–Crippen LogP) is 2.40. The first kappa shape index (κ1) is 10.7. The van der Waals surface area contributed by atoms with Crippen molar-refractivity contribution in [1.82, 2.24) is 5.16 Å². The summed E-state index contributed by atoms with van der Waals surface area (Å²) in [4.78, 5) is 0. The van der Waals surface area contributed by atoms with E-state index in [9.17, 15) is 0 Å². The number of aryl methyl sites for hydroxylation is 1. The molecular weight excluding hydrogens is 188 g/mol. The summed E-state index contributed by atoms with van der Waals surface area (Å²) in [6.07, 6.45) is 6.22. The van der Waals surface area contributed by atoms with Crippen molar-refractivity contribution in [2.75, 3.05) is 0 Å². The van der Waals surface area contributed by atoms with Gasteiger partial charge in [-0.1, -0.05) is 25.9 Å². The molecule has 3 nitrogen and oxygen atoms in total. The molecule has 1 fully saturated rings. The van der Waals surface area contributed by atoms with Crippen molar-refractivity contribution in [1.29, 1.82) is 0 Å². The highest BCUT2D eigenvalue weighted by molar-refractivity contribution is 5.21. The summed E-state index contributed by atoms with van der Waals surface area (Å²) in [5.74, 6) is 1.01. The minimum Gasteiger partial charge on any atom is -0.361 e. The molecule has 0 aromatic carbocycles. The van der Waals surface area contributed by atoms with Gasteiger partial charge in [-0.2, -0.15) is 0 Å². The zero-order valence-corrected chi connectivity index (χ0v) is 9.84. The summed E-state index contributed by atoms with van der Waals surface area (Å²) in [6.45, 7) is 6.44. The molecule has 1 aliphatic carbocycles. The second-order valence-electron chi connectivity index (χ2n) is 5.79. The molecule has 15 heavy (non-hydrogen) atoms. The Hall–Kier alpha value is -0.830. The first-order valence-electron chi connectivity index (χ1n) is 5.64. The van der Waals surface area contributed by atoms with Gasteiger partial charge in [-0.25, -0.2) is 0 Å². The number of nitrogens with zero attached hydrogens (tertiary/aromatic N) is 1. The zero-order chi connectivity index (χ0) is 11.1. The minimum atomic E-state index is 0.0388. The predicted molar refractivity (Wildman–Crippen MR) is 59.7 cm³/mol. The molecule has 3 heteroatoms. The molecule has 0 spiro atoms. The van der Waals surface area contributed by atoms with E-state index in [-0.39, 0.29) is 11.0 Å². The normalized spacial score (nSPS) is 19.2. The van der Waals surface area contributed by atoms with Crippen molar-refractivity contribution in [3.8, 4) is 0 Å². The van der Waals surface area contributed by atoms with Gasteiger partial charge < -0.3 is 10.3 Å². The molecule has 0 bridgehead atoms. The first-order chi connectivity index (χ1) is 6.91. The Balaban J connectivity index is 2.05. The molecule has 2 rings (SSSR count). The quantitative estimate of drug-likeness (QED) is 0.829. The third-order valence-electron chi connectivity index (χ3n) is 3.11. The summed E-state index contributed by atoms with van der Waals surface area (Å²) in [5.41, 5.74) is 7.45. The fourth-order valence-electron chi connectivity index (χ4n) is 1.85. The number of rotatable bonds is 3. The van der Waals surface area contributed by atoms with Gasteiger partial charge in [0.1, 0.15) is 5.76 Å². The van der Waals surface area contributed by atoms with Crippen LogP contribution in [0.1, 0.15) is 51.4 Å². The van der Waals surface area contributed by atoms with Crippen LogP contribution in [0.3, 0.4) is 0 Å². The van der Waals surface area contributed by atoms with Crippen molar-refractivity contribution < 1.29 is 4.52 Å². The molecule has 0 amide bonds. The number of hydrogen-bond donors (Lipinski definition) is 1. The van der Waals surface area contributed by atoms with Crippen molar-refractivity contribution in [2.45, 2.75) is 57.4 Å². The van der Waals surface area contributed by atoms with E-state index in [0.717, 1.165) is 18.6 Å². The van der Waals surface area contributed by atoms with Crippen LogP contribution in [-0.4, -0.2) is 10.7 Å². The van der Waals surface area contributed by atoms with Crippen molar-refractivity contribution >= 4 is 0 Å². The fraction of sp³-hybridized carbons (Fsp3) is 0.750. The van der Waals surface area contributed by atoms with Crippen LogP contribution in [0, 0.1) is 0 Å². The van der Waals surface area contributed by atoms with Crippen LogP contribution in [0.25, 0.3) is 0 Å². The zero-order valence-electron chi connectivity index (χ0n) is 9.84. The minimum absolute atomic E-state index is 0.0388. The van der Waals surface area contributed by atoms with Gasteiger partial charge >= 0.3 is 0 Å². The van der Waals surface area contributed by atoms with Crippen molar-refractivity contribution in [3.63, 3.8) is 0 Å². The molecule has 0 unspecified atom stereocenters. The standard InChI is InChI=1S/C12H20N2O/c1-11(2,3)10-9(8-14-15-10)4-5-12(13)6-7-12/h8H,4-7,13H2,1-3H3. The second-order valence-corrected chi connectivity index (χ2v) is 5.79. The highest BCUT2D eigenvalue weighted by atomic mass is 16.5. The smallest absolute Gasteiger partial charge is 0.145 e. The van der Waals surface area contributed by atoms with E-state index in [4.69, 9.17) is 10.3 Å². The van der Waals surface area contributed by atoms with Crippen LogP contribution in [0.15, 0.2) is 10.7 Å². The molecule has 0 radical (unpaired) electrons. The van der Waals surface area contributed by atoms with Crippen LogP contribution in [0.4, 0.5) is 0 Å². The van der Waals surface area contributed by atoms with Gasteiger partial charge in [0.05, 0.1) is 6.20 Å². The van der Waals surface area contributed by atoms with Crippen LogP contribution in [-0.2, 0) is 11.8 Å². The van der Waals surface area contributed by atoms with Gasteiger partial charge in [0.2, 0.25) is 0 Å². The SMILES string of the molecule is CC(C)(C)c1oncc1CCC1(N)CC1. The van der Waals surface area contributed by atoms with Crippen LogP contribution in [0.2, 0.25) is 0 Å². The maximum Gasteiger partial charge on any atom is 0.145 e. The topological polar surface area (TPSA) is 52.0 Å². The summed E-state index contributed by atoms with van der Waals surface area (Å²) < 4.78 is 5.32. The van der Waals surface area contributed by atoms with Gasteiger partial charge in [-0.3, -0.25) is 0 Å². The highest BCUT2D eigenvalue weighted by Gasteiger charge is 2.38. The average molecular weight is 208 g/mol. The van der Waals surface area contributed by atoms with E-state index in [1.54, 1.807) is 0 Å². The molecule has 2 N–H and O–H groups in total. The Morgan fingerprint density at radius 1 is 1.47 bits per heavy atom. The molecular formula is C12H20N2O. The summed E-state index contributed by atoms with van der Waals surface area (Å²) in [6, 6.07) is 0. The Labute approximate surface area is 91.0 Å². The van der Waals surface area contributed by atoms with Gasteiger partial charge in [0.15, 0.2) is 0 Å². The summed E-state index contributed by atoms with van der Waals surface area (Å²) >= 11 is 0. The Kier molecular flexibility index (Phi) is 2.38. The lowest BCUT2D eigenvalue weighted by atomic mass is 9.89. The number of nitrogens with two attached hydrogens (primary N) is 1. The maximum absolute atomic E-state index is 6.07. The lowest BCUT2D eigenvalue weighted by Crippen LogP contribution is -2.22. The molecule has 1 aromatic heterocycles. The van der Waals surface area contributed by atoms with Gasteiger partial charge in [0, 0.05) is 16.5 Å². The van der Waals surface area contributed by atoms with E-state index in [1.807, 2.05) is 6.20 Å². The van der Waals surface area contributed by atoms with Crippen LogP contribution in [0.5, 0.6) is 0 Å². The molecule has 1 aliphatic rings. The largest absolute Gasteiger partial charge is 0.361 e. The molecule has 84 valence electrons. The van der Waals surface area contributed by atoms with Crippen LogP contribution >= 0.6 is 0 Å². The highest BCUT2D eigenvalue weighted by Crippen LogP contribution is 2.37. The fourth-order valence-corrected chi connectivity index (χ4v) is 1.85. The Bertz CT molecular complexity index is 345. The van der Waals surface area contributed by atoms with Gasteiger partial charge in [-0.05, 0) is 25.7 Å². The monoisotopic (exact) mass is 208 g/mol. The van der Waals surface area contributed by atoms with Crippen molar-refractivity contribution in [2.24, 2.45) is 5.73 Å². The second kappa shape index (κ2) is 3.34. The summed E-state index contributed by atoms with van der Waals surface area (Å²) in [5, 5.41) is 3.89. The molecule has 0 atom stereocenters. The van der Waals surface area contributed by atoms with E-state index < -0.39 is 0 Å². The molecule has 0 saturated heterocycles. The lowest BCUT2D eigenvalue weighted by molar-refractivity contribution is 0.326. The van der Waals surface area contributed by atoms with E-state index in [2.05, 4.69) is 25.9 Å². The van der Waals surface area contributed by atoms with Crippen molar-refractivity contribution in [3.05, 3.63) is 17.5 Å². The Morgan fingerprint density at radius 3 is 2.67 bits per heavy atom. The van der Waals surface area contributed by atoms with Gasteiger partial charge in [-0.15, -0.1) is 0 Å². The average Bonchev–Trinajstić information content (AvgIpc) is 2.66. The number of aromatic nitrogens is 1. The summed E-state index contributed by atoms with van der Waals surface area (Å²) in [7, 11) is 0.